The van der Waals surface area contributed by atoms with Gasteiger partial charge in [-0.3, -0.25) is 0 Å². The summed E-state index contributed by atoms with van der Waals surface area (Å²) in [4.78, 5) is 11.9. The van der Waals surface area contributed by atoms with Gasteiger partial charge < -0.3 is 20.5 Å². The van der Waals surface area contributed by atoms with Gasteiger partial charge in [-0.15, -0.1) is 0 Å². The van der Waals surface area contributed by atoms with Gasteiger partial charge in [0.2, 0.25) is 0 Å². The molecule has 0 radical (unpaired) electrons. The summed E-state index contributed by atoms with van der Waals surface area (Å²) in [6.45, 7) is -0.0445. The van der Waals surface area contributed by atoms with E-state index in [0.29, 0.717) is 0 Å². The molecule has 0 spiro atoms. The van der Waals surface area contributed by atoms with E-state index in [0.717, 1.165) is 25.7 Å². The van der Waals surface area contributed by atoms with Gasteiger partial charge in [0, 0.05) is 19.2 Å². The zero-order valence-corrected chi connectivity index (χ0v) is 12.7. The molecule has 1 aliphatic rings. The van der Waals surface area contributed by atoms with Crippen molar-refractivity contribution in [1.82, 2.24) is 10.6 Å². The average molecular weight is 310 g/mol. The molecule has 0 aliphatic heterocycles. The number of carbonyl (C=O) groups excluding carboxylic acids is 1. The number of nitrogens with one attached hydrogen (secondary N) is 2. The molecule has 3 N–H and O–H groups in total. The summed E-state index contributed by atoms with van der Waals surface area (Å²) in [5.74, 6) is -0.482. The fraction of sp³-hybridized carbons (Fsp3) is 0.562. The van der Waals surface area contributed by atoms with Crippen LogP contribution in [0.3, 0.4) is 0 Å². The molecule has 1 saturated carbocycles. The van der Waals surface area contributed by atoms with Crippen molar-refractivity contribution in [3.05, 3.63) is 35.6 Å². The van der Waals surface area contributed by atoms with E-state index >= 15 is 0 Å². The maximum absolute atomic E-state index is 13.5. The molecule has 0 saturated heterocycles. The second-order valence-electron chi connectivity index (χ2n) is 5.56. The van der Waals surface area contributed by atoms with Crippen LogP contribution in [0.2, 0.25) is 0 Å². The Morgan fingerprint density at radius 2 is 2.14 bits per heavy atom. The number of carbonyl (C=O) groups is 1. The lowest BCUT2D eigenvalue weighted by molar-refractivity contribution is 0.0450. The highest BCUT2D eigenvalue weighted by molar-refractivity contribution is 5.74. The van der Waals surface area contributed by atoms with Crippen molar-refractivity contribution in [3.8, 4) is 0 Å². The van der Waals surface area contributed by atoms with Crippen molar-refractivity contribution in [2.45, 2.75) is 43.9 Å². The highest BCUT2D eigenvalue weighted by atomic mass is 19.1. The van der Waals surface area contributed by atoms with E-state index in [9.17, 15) is 14.3 Å². The normalized spacial score (nSPS) is 22.9. The zero-order chi connectivity index (χ0) is 15.9. The van der Waals surface area contributed by atoms with Crippen LogP contribution in [0.5, 0.6) is 0 Å². The molecule has 1 fully saturated rings. The maximum Gasteiger partial charge on any atom is 0.315 e. The summed E-state index contributed by atoms with van der Waals surface area (Å²) < 4.78 is 18.9. The molecule has 122 valence electrons. The molecule has 0 heterocycles. The molecule has 2 amide bonds. The van der Waals surface area contributed by atoms with E-state index < -0.39 is 11.9 Å². The Morgan fingerprint density at radius 1 is 1.41 bits per heavy atom. The molecule has 1 aromatic rings. The van der Waals surface area contributed by atoms with Crippen molar-refractivity contribution in [1.29, 1.82) is 0 Å². The smallest absolute Gasteiger partial charge is 0.315 e. The standard InChI is InChI=1S/C16H23FN2O3/c1-22-15-9-5-4-8-13(15)19-16(21)18-10-14(20)11-6-2-3-7-12(11)17/h2-3,6-7,13-15,20H,4-5,8-10H2,1H3,(H2,18,19,21). The first-order valence-corrected chi connectivity index (χ1v) is 7.61. The molecule has 6 heteroatoms. The molecular weight excluding hydrogens is 287 g/mol. The van der Waals surface area contributed by atoms with Crippen LogP contribution < -0.4 is 10.6 Å². The maximum atomic E-state index is 13.5. The number of halogens is 1. The summed E-state index contributed by atoms with van der Waals surface area (Å²) in [5.41, 5.74) is 0.176. The monoisotopic (exact) mass is 310 g/mol. The van der Waals surface area contributed by atoms with Crippen LogP contribution in [0, 0.1) is 5.82 Å². The van der Waals surface area contributed by atoms with Gasteiger partial charge in [0.15, 0.2) is 0 Å². The van der Waals surface area contributed by atoms with Crippen molar-refractivity contribution < 1.29 is 19.0 Å². The van der Waals surface area contributed by atoms with E-state index in [2.05, 4.69) is 10.6 Å². The van der Waals surface area contributed by atoms with Gasteiger partial charge in [0.25, 0.3) is 0 Å². The summed E-state index contributed by atoms with van der Waals surface area (Å²) in [5, 5.41) is 15.4. The SMILES string of the molecule is COC1CCCCC1NC(=O)NCC(O)c1ccccc1F. The molecule has 0 bridgehead atoms. The minimum absolute atomic E-state index is 0.0237. The summed E-state index contributed by atoms with van der Waals surface area (Å²) >= 11 is 0. The fourth-order valence-electron chi connectivity index (χ4n) is 2.81. The third-order valence-corrected chi connectivity index (χ3v) is 4.04. The molecule has 22 heavy (non-hydrogen) atoms. The number of aliphatic hydroxyl groups excluding tert-OH is 1. The van der Waals surface area contributed by atoms with Crippen LogP contribution in [0.15, 0.2) is 24.3 Å². The third-order valence-electron chi connectivity index (χ3n) is 4.04. The largest absolute Gasteiger partial charge is 0.386 e. The molecule has 2 rings (SSSR count). The van der Waals surface area contributed by atoms with Gasteiger partial charge in [0.1, 0.15) is 5.82 Å². The highest BCUT2D eigenvalue weighted by Crippen LogP contribution is 2.20. The van der Waals surface area contributed by atoms with Gasteiger partial charge >= 0.3 is 6.03 Å². The molecular formula is C16H23FN2O3. The van der Waals surface area contributed by atoms with Gasteiger partial charge in [0.05, 0.1) is 18.2 Å². The molecule has 5 nitrogen and oxygen atoms in total. The van der Waals surface area contributed by atoms with Crippen LogP contribution in [-0.2, 0) is 4.74 Å². The summed E-state index contributed by atoms with van der Waals surface area (Å²) in [6.07, 6.45) is 2.92. The van der Waals surface area contributed by atoms with Gasteiger partial charge in [-0.25, -0.2) is 9.18 Å². The number of hydrogen-bond acceptors (Lipinski definition) is 3. The molecule has 0 aromatic heterocycles. The number of hydrogen-bond donors (Lipinski definition) is 3. The Bertz CT molecular complexity index is 498. The predicted molar refractivity (Wildman–Crippen MR) is 80.9 cm³/mol. The Hall–Kier alpha value is -1.66. The number of urea groups is 1. The van der Waals surface area contributed by atoms with E-state index in [1.54, 1.807) is 19.2 Å². The van der Waals surface area contributed by atoms with Crippen molar-refractivity contribution in [2.75, 3.05) is 13.7 Å². The summed E-state index contributed by atoms with van der Waals surface area (Å²) in [7, 11) is 1.64. The first-order valence-electron chi connectivity index (χ1n) is 7.61. The number of ether oxygens (including phenoxy) is 1. The third kappa shape index (κ3) is 4.42. The van der Waals surface area contributed by atoms with Crippen molar-refractivity contribution in [2.24, 2.45) is 0 Å². The van der Waals surface area contributed by atoms with Gasteiger partial charge in [-0.1, -0.05) is 31.0 Å². The first-order chi connectivity index (χ1) is 10.6. The Labute approximate surface area is 129 Å². The fourth-order valence-corrected chi connectivity index (χ4v) is 2.81. The first kappa shape index (κ1) is 16.7. The van der Waals surface area contributed by atoms with Gasteiger partial charge in [-0.05, 0) is 18.9 Å². The highest BCUT2D eigenvalue weighted by Gasteiger charge is 2.26. The average Bonchev–Trinajstić information content (AvgIpc) is 2.53. The lowest BCUT2D eigenvalue weighted by Gasteiger charge is -2.31. The van der Waals surface area contributed by atoms with Gasteiger partial charge in [-0.2, -0.15) is 0 Å². The van der Waals surface area contributed by atoms with E-state index in [1.807, 2.05) is 0 Å². The van der Waals surface area contributed by atoms with E-state index in [-0.39, 0.29) is 30.3 Å². The second kappa shape index (κ2) is 8.10. The number of methoxy groups -OCH3 is 1. The minimum atomic E-state index is -1.07. The quantitative estimate of drug-likeness (QED) is 0.780. The number of benzene rings is 1. The van der Waals surface area contributed by atoms with Crippen LogP contribution in [0.1, 0.15) is 37.4 Å². The Morgan fingerprint density at radius 3 is 2.86 bits per heavy atom. The van der Waals surface area contributed by atoms with Crippen LogP contribution in [-0.4, -0.2) is 36.9 Å². The number of aliphatic hydroxyl groups is 1. The molecule has 3 unspecified atom stereocenters. The van der Waals surface area contributed by atoms with Crippen LogP contribution in [0.4, 0.5) is 9.18 Å². The summed E-state index contributed by atoms with van der Waals surface area (Å²) in [6, 6.07) is 5.59. The number of rotatable bonds is 5. The predicted octanol–water partition coefficient (Wildman–Crippen LogP) is 2.12. The van der Waals surface area contributed by atoms with Crippen LogP contribution >= 0.6 is 0 Å². The zero-order valence-electron chi connectivity index (χ0n) is 12.7. The number of amides is 2. The molecule has 3 atom stereocenters. The minimum Gasteiger partial charge on any atom is -0.386 e. The lowest BCUT2D eigenvalue weighted by atomic mass is 9.92. The topological polar surface area (TPSA) is 70.6 Å². The van der Waals surface area contributed by atoms with E-state index in [1.165, 1.54) is 12.1 Å². The second-order valence-corrected chi connectivity index (χ2v) is 5.56. The molecule has 1 aliphatic carbocycles. The lowest BCUT2D eigenvalue weighted by Crippen LogP contribution is -2.50. The molecule has 1 aromatic carbocycles. The van der Waals surface area contributed by atoms with Crippen molar-refractivity contribution >= 4 is 6.03 Å². The van der Waals surface area contributed by atoms with Crippen LogP contribution in [0.25, 0.3) is 0 Å². The Kier molecular flexibility index (Phi) is 6.15. The Balaban J connectivity index is 1.81. The van der Waals surface area contributed by atoms with Crippen molar-refractivity contribution in [3.63, 3.8) is 0 Å². The van der Waals surface area contributed by atoms with E-state index in [4.69, 9.17) is 4.74 Å².